The Bertz CT molecular complexity index is 413. The fourth-order valence-electron chi connectivity index (χ4n) is 1.40. The largest absolute Gasteiger partial charge is 0.335 e. The number of benzene rings is 1. The van der Waals surface area contributed by atoms with Crippen LogP contribution in [-0.4, -0.2) is 13.2 Å². The average molecular weight is 297 g/mol. The van der Waals surface area contributed by atoms with Crippen LogP contribution in [0.2, 0.25) is 10.0 Å². The maximum absolute atomic E-state index is 12.3. The maximum atomic E-state index is 12.3. The van der Waals surface area contributed by atoms with Crippen LogP contribution in [0.4, 0.5) is 0 Å². The molecular weight excluding hydrogens is 282 g/mol. The molecule has 3 nitrogen and oxygen atoms in total. The summed E-state index contributed by atoms with van der Waals surface area (Å²) in [4.78, 5) is 0. The van der Waals surface area contributed by atoms with Gasteiger partial charge in [0.1, 0.15) is 0 Å². The lowest BCUT2D eigenvalue weighted by atomic mass is 10.2. The Hall–Kier alpha value is -0.0500. The van der Waals surface area contributed by atoms with Gasteiger partial charge in [-0.15, -0.1) is 0 Å². The van der Waals surface area contributed by atoms with Crippen molar-refractivity contribution < 1.29 is 13.6 Å². The lowest BCUT2D eigenvalue weighted by molar-refractivity contribution is 0.219. The summed E-state index contributed by atoms with van der Waals surface area (Å²) in [6, 6.07) is 5.20. The fourth-order valence-corrected chi connectivity index (χ4v) is 3.61. The van der Waals surface area contributed by atoms with Crippen LogP contribution in [0.15, 0.2) is 18.2 Å². The highest BCUT2D eigenvalue weighted by molar-refractivity contribution is 7.53. The van der Waals surface area contributed by atoms with Gasteiger partial charge in [-0.3, -0.25) is 4.57 Å². The van der Waals surface area contributed by atoms with E-state index in [0.29, 0.717) is 28.8 Å². The van der Waals surface area contributed by atoms with Crippen LogP contribution in [0.1, 0.15) is 19.4 Å². The molecule has 1 aromatic carbocycles. The molecule has 0 aromatic heterocycles. The second kappa shape index (κ2) is 6.77. The molecular formula is C11H15Cl2O3P. The molecule has 0 saturated carbocycles. The zero-order chi connectivity index (χ0) is 12.9. The molecule has 1 aromatic rings. The van der Waals surface area contributed by atoms with Gasteiger partial charge in [0.15, 0.2) is 0 Å². The summed E-state index contributed by atoms with van der Waals surface area (Å²) in [7, 11) is -3.13. The molecule has 0 heterocycles. The van der Waals surface area contributed by atoms with E-state index >= 15 is 0 Å². The van der Waals surface area contributed by atoms with Crippen molar-refractivity contribution in [2.45, 2.75) is 20.0 Å². The molecule has 17 heavy (non-hydrogen) atoms. The molecule has 1 rings (SSSR count). The Balaban J connectivity index is 2.93. The number of hydrogen-bond acceptors (Lipinski definition) is 3. The van der Waals surface area contributed by atoms with Crippen molar-refractivity contribution >= 4 is 30.8 Å². The quantitative estimate of drug-likeness (QED) is 0.710. The van der Waals surface area contributed by atoms with Crippen LogP contribution < -0.4 is 0 Å². The first-order valence-corrected chi connectivity index (χ1v) is 7.81. The van der Waals surface area contributed by atoms with E-state index in [4.69, 9.17) is 32.2 Å². The molecule has 0 amide bonds. The molecule has 0 spiro atoms. The predicted molar refractivity (Wildman–Crippen MR) is 71.0 cm³/mol. The van der Waals surface area contributed by atoms with Gasteiger partial charge in [0, 0.05) is 0 Å². The molecule has 0 fully saturated rings. The van der Waals surface area contributed by atoms with Gasteiger partial charge in [0.2, 0.25) is 0 Å². The van der Waals surface area contributed by atoms with Crippen molar-refractivity contribution in [3.8, 4) is 0 Å². The molecule has 0 radical (unpaired) electrons. The van der Waals surface area contributed by atoms with Crippen LogP contribution in [0.3, 0.4) is 0 Å². The second-order valence-electron chi connectivity index (χ2n) is 3.32. The maximum Gasteiger partial charge on any atom is 0.335 e. The number of rotatable bonds is 6. The summed E-state index contributed by atoms with van der Waals surface area (Å²) in [6.07, 6.45) is 0.133. The first-order valence-electron chi connectivity index (χ1n) is 5.33. The second-order valence-corrected chi connectivity index (χ2v) is 6.16. The van der Waals surface area contributed by atoms with Gasteiger partial charge in [-0.2, -0.15) is 0 Å². The molecule has 0 saturated heterocycles. The Labute approximate surface area is 112 Å². The van der Waals surface area contributed by atoms with E-state index < -0.39 is 7.60 Å². The molecule has 6 heteroatoms. The molecule has 96 valence electrons. The van der Waals surface area contributed by atoms with Gasteiger partial charge < -0.3 is 9.05 Å². The van der Waals surface area contributed by atoms with E-state index in [1.807, 2.05) is 0 Å². The third kappa shape index (κ3) is 4.27. The first kappa shape index (κ1) is 15.0. The van der Waals surface area contributed by atoms with E-state index in [0.717, 1.165) is 0 Å². The van der Waals surface area contributed by atoms with Gasteiger partial charge in [-0.05, 0) is 25.5 Å². The lowest BCUT2D eigenvalue weighted by Crippen LogP contribution is -1.99. The predicted octanol–water partition coefficient (Wildman–Crippen LogP) is 4.76. The highest BCUT2D eigenvalue weighted by atomic mass is 35.5. The summed E-state index contributed by atoms with van der Waals surface area (Å²) in [5.74, 6) is 0. The Morgan fingerprint density at radius 1 is 1.18 bits per heavy atom. The summed E-state index contributed by atoms with van der Waals surface area (Å²) < 4.78 is 22.7. The van der Waals surface area contributed by atoms with Gasteiger partial charge in [-0.1, -0.05) is 35.3 Å². The standard InChI is InChI=1S/C11H15Cl2O3P/c1-3-15-17(14,16-4-2)8-9-6-5-7-10(12)11(9)13/h5-7H,3-4,8H2,1-2H3. The monoisotopic (exact) mass is 296 g/mol. The van der Waals surface area contributed by atoms with Gasteiger partial charge >= 0.3 is 7.60 Å². The molecule has 0 atom stereocenters. The highest BCUT2D eigenvalue weighted by Gasteiger charge is 2.25. The van der Waals surface area contributed by atoms with Crippen LogP contribution in [0.5, 0.6) is 0 Å². The summed E-state index contributed by atoms with van der Waals surface area (Å²) in [6.45, 7) is 4.20. The first-order chi connectivity index (χ1) is 8.02. The van der Waals surface area contributed by atoms with E-state index in [1.54, 1.807) is 32.0 Å². The van der Waals surface area contributed by atoms with Crippen LogP contribution in [0.25, 0.3) is 0 Å². The van der Waals surface area contributed by atoms with Crippen molar-refractivity contribution in [1.82, 2.24) is 0 Å². The molecule has 0 aliphatic rings. The Morgan fingerprint density at radius 2 is 1.76 bits per heavy atom. The van der Waals surface area contributed by atoms with Crippen molar-refractivity contribution in [3.63, 3.8) is 0 Å². The minimum atomic E-state index is -3.13. The Kier molecular flexibility index (Phi) is 5.98. The SMILES string of the molecule is CCOP(=O)(Cc1cccc(Cl)c1Cl)OCC. The van der Waals surface area contributed by atoms with Crippen LogP contribution >= 0.6 is 30.8 Å². The van der Waals surface area contributed by atoms with E-state index in [1.165, 1.54) is 0 Å². The minimum absolute atomic E-state index is 0.133. The van der Waals surface area contributed by atoms with Crippen LogP contribution in [-0.2, 0) is 19.8 Å². The summed E-state index contributed by atoms with van der Waals surface area (Å²) in [5, 5.41) is 0.831. The van der Waals surface area contributed by atoms with Gasteiger partial charge in [-0.25, -0.2) is 0 Å². The average Bonchev–Trinajstić information content (AvgIpc) is 2.25. The molecule has 0 unspecified atom stereocenters. The molecule has 0 bridgehead atoms. The third-order valence-corrected chi connectivity index (χ3v) is 4.94. The zero-order valence-electron chi connectivity index (χ0n) is 9.78. The van der Waals surface area contributed by atoms with E-state index in [2.05, 4.69) is 0 Å². The smallest absolute Gasteiger partial charge is 0.309 e. The number of halogens is 2. The Morgan fingerprint density at radius 3 is 2.29 bits per heavy atom. The van der Waals surface area contributed by atoms with E-state index in [9.17, 15) is 4.57 Å². The molecule has 0 N–H and O–H groups in total. The topological polar surface area (TPSA) is 35.5 Å². The lowest BCUT2D eigenvalue weighted by Gasteiger charge is -2.17. The van der Waals surface area contributed by atoms with Gasteiger partial charge in [0.25, 0.3) is 0 Å². The zero-order valence-corrected chi connectivity index (χ0v) is 12.2. The third-order valence-electron chi connectivity index (χ3n) is 2.05. The van der Waals surface area contributed by atoms with Crippen molar-refractivity contribution in [1.29, 1.82) is 0 Å². The number of hydrogen-bond donors (Lipinski definition) is 0. The fraction of sp³-hybridized carbons (Fsp3) is 0.455. The van der Waals surface area contributed by atoms with Crippen molar-refractivity contribution in [2.24, 2.45) is 0 Å². The van der Waals surface area contributed by atoms with Gasteiger partial charge in [0.05, 0.1) is 29.4 Å². The molecule has 0 aliphatic carbocycles. The van der Waals surface area contributed by atoms with Crippen molar-refractivity contribution in [3.05, 3.63) is 33.8 Å². The normalized spacial score (nSPS) is 11.8. The minimum Gasteiger partial charge on any atom is -0.309 e. The van der Waals surface area contributed by atoms with Crippen molar-refractivity contribution in [2.75, 3.05) is 13.2 Å². The van der Waals surface area contributed by atoms with E-state index in [-0.39, 0.29) is 6.16 Å². The molecule has 0 aliphatic heterocycles. The highest BCUT2D eigenvalue weighted by Crippen LogP contribution is 2.52. The van der Waals surface area contributed by atoms with Crippen LogP contribution in [0, 0.1) is 0 Å². The summed E-state index contributed by atoms with van der Waals surface area (Å²) >= 11 is 11.9. The summed E-state index contributed by atoms with van der Waals surface area (Å²) in [5.41, 5.74) is 0.671.